The summed E-state index contributed by atoms with van der Waals surface area (Å²) in [4.78, 5) is 4.29. The standard InChI is InChI=1S/C16H13FN6O2S/c1-9-12(6-7-24-9)15-20-21-16(23(15)18)26-8-13-19-14(22-25-13)10-2-4-11(17)5-3-10/h2-7H,8,18H2,1H3. The molecule has 0 radical (unpaired) electrons. The molecular weight excluding hydrogens is 359 g/mol. The molecule has 0 saturated carbocycles. The van der Waals surface area contributed by atoms with Gasteiger partial charge in [-0.3, -0.25) is 0 Å². The molecule has 10 heteroatoms. The van der Waals surface area contributed by atoms with Crippen molar-refractivity contribution in [2.45, 2.75) is 17.8 Å². The number of furan rings is 1. The van der Waals surface area contributed by atoms with Crippen LogP contribution in [0.15, 0.2) is 50.7 Å². The third-order valence-electron chi connectivity index (χ3n) is 3.66. The lowest BCUT2D eigenvalue weighted by Crippen LogP contribution is -2.11. The SMILES string of the molecule is Cc1occc1-c1nnc(SCc2nc(-c3ccc(F)cc3)no2)n1N. The first-order chi connectivity index (χ1) is 12.6. The molecule has 1 aromatic carbocycles. The summed E-state index contributed by atoms with van der Waals surface area (Å²) < 4.78 is 24.9. The third kappa shape index (κ3) is 3.06. The Balaban J connectivity index is 1.48. The number of hydrogen-bond donors (Lipinski definition) is 1. The van der Waals surface area contributed by atoms with Crippen LogP contribution in [0.1, 0.15) is 11.7 Å². The van der Waals surface area contributed by atoms with Crippen LogP contribution >= 0.6 is 11.8 Å². The average Bonchev–Trinajstić information content (AvgIpc) is 3.35. The summed E-state index contributed by atoms with van der Waals surface area (Å²) in [7, 11) is 0. The average molecular weight is 372 g/mol. The minimum Gasteiger partial charge on any atom is -0.469 e. The molecule has 0 fully saturated rings. The quantitative estimate of drug-likeness (QED) is 0.420. The van der Waals surface area contributed by atoms with Crippen LogP contribution in [-0.2, 0) is 5.75 Å². The number of aromatic nitrogens is 5. The van der Waals surface area contributed by atoms with Crippen LogP contribution in [0.5, 0.6) is 0 Å². The van der Waals surface area contributed by atoms with Crippen molar-refractivity contribution in [3.8, 4) is 22.8 Å². The van der Waals surface area contributed by atoms with E-state index in [1.807, 2.05) is 6.92 Å². The number of benzene rings is 1. The second-order valence-electron chi connectivity index (χ2n) is 5.37. The van der Waals surface area contributed by atoms with E-state index in [4.69, 9.17) is 14.8 Å². The largest absolute Gasteiger partial charge is 0.469 e. The maximum atomic E-state index is 13.0. The smallest absolute Gasteiger partial charge is 0.237 e. The van der Waals surface area contributed by atoms with E-state index < -0.39 is 0 Å². The molecule has 2 N–H and O–H groups in total. The van der Waals surface area contributed by atoms with Crippen molar-refractivity contribution in [2.75, 3.05) is 5.84 Å². The number of nitrogens with two attached hydrogens (primary N) is 1. The van der Waals surface area contributed by atoms with E-state index in [0.29, 0.717) is 39.8 Å². The molecule has 8 nitrogen and oxygen atoms in total. The second-order valence-corrected chi connectivity index (χ2v) is 6.32. The van der Waals surface area contributed by atoms with Crippen LogP contribution in [0.4, 0.5) is 4.39 Å². The number of nitrogens with zero attached hydrogens (tertiary/aromatic N) is 5. The van der Waals surface area contributed by atoms with Gasteiger partial charge >= 0.3 is 0 Å². The van der Waals surface area contributed by atoms with Crippen LogP contribution in [-0.4, -0.2) is 25.0 Å². The Morgan fingerprint density at radius 2 is 2.00 bits per heavy atom. The molecule has 4 rings (SSSR count). The summed E-state index contributed by atoms with van der Waals surface area (Å²) in [6, 6.07) is 7.65. The monoisotopic (exact) mass is 372 g/mol. The lowest BCUT2D eigenvalue weighted by Gasteiger charge is -2.01. The van der Waals surface area contributed by atoms with E-state index in [0.717, 1.165) is 5.56 Å². The Kier molecular flexibility index (Phi) is 4.17. The maximum absolute atomic E-state index is 13.0. The summed E-state index contributed by atoms with van der Waals surface area (Å²) >= 11 is 1.31. The van der Waals surface area contributed by atoms with Gasteiger partial charge in [-0.15, -0.1) is 10.2 Å². The van der Waals surface area contributed by atoms with E-state index in [2.05, 4.69) is 20.3 Å². The molecule has 0 aliphatic heterocycles. The van der Waals surface area contributed by atoms with E-state index in [-0.39, 0.29) is 5.82 Å². The molecule has 0 atom stereocenters. The van der Waals surface area contributed by atoms with Crippen molar-refractivity contribution in [2.24, 2.45) is 0 Å². The Labute approximate surface area is 151 Å². The van der Waals surface area contributed by atoms with Crippen LogP contribution in [0.3, 0.4) is 0 Å². The maximum Gasteiger partial charge on any atom is 0.237 e. The predicted octanol–water partition coefficient (Wildman–Crippen LogP) is 3.04. The zero-order valence-corrected chi connectivity index (χ0v) is 14.4. The number of rotatable bonds is 5. The van der Waals surface area contributed by atoms with Crippen molar-refractivity contribution < 1.29 is 13.3 Å². The molecule has 132 valence electrons. The minimum atomic E-state index is -0.320. The van der Waals surface area contributed by atoms with Crippen molar-refractivity contribution in [3.05, 3.63) is 54.1 Å². The minimum absolute atomic E-state index is 0.320. The predicted molar refractivity (Wildman–Crippen MR) is 91.9 cm³/mol. The first-order valence-electron chi connectivity index (χ1n) is 7.58. The fourth-order valence-electron chi connectivity index (χ4n) is 2.33. The number of aryl methyl sites for hydroxylation is 1. The first kappa shape index (κ1) is 16.3. The number of hydrogen-bond acceptors (Lipinski definition) is 8. The molecular formula is C16H13FN6O2S. The van der Waals surface area contributed by atoms with E-state index in [1.54, 1.807) is 24.5 Å². The van der Waals surface area contributed by atoms with Crippen molar-refractivity contribution >= 4 is 11.8 Å². The molecule has 26 heavy (non-hydrogen) atoms. The van der Waals surface area contributed by atoms with Gasteiger partial charge in [0.1, 0.15) is 11.6 Å². The van der Waals surface area contributed by atoms with Crippen LogP contribution in [0.25, 0.3) is 22.8 Å². The van der Waals surface area contributed by atoms with E-state index in [9.17, 15) is 4.39 Å². The zero-order chi connectivity index (χ0) is 18.1. The van der Waals surface area contributed by atoms with Gasteiger partial charge in [-0.1, -0.05) is 16.9 Å². The highest BCUT2D eigenvalue weighted by Gasteiger charge is 2.17. The molecule has 0 amide bonds. The highest BCUT2D eigenvalue weighted by atomic mass is 32.2. The first-order valence-corrected chi connectivity index (χ1v) is 8.56. The molecule has 3 heterocycles. The van der Waals surface area contributed by atoms with Crippen LogP contribution < -0.4 is 5.84 Å². The fraction of sp³-hybridized carbons (Fsp3) is 0.125. The van der Waals surface area contributed by atoms with Crippen molar-refractivity contribution in [1.82, 2.24) is 25.0 Å². The lowest BCUT2D eigenvalue weighted by molar-refractivity contribution is 0.391. The lowest BCUT2D eigenvalue weighted by atomic mass is 10.2. The molecule has 3 aromatic heterocycles. The fourth-order valence-corrected chi connectivity index (χ4v) is 3.03. The highest BCUT2D eigenvalue weighted by Crippen LogP contribution is 2.27. The highest BCUT2D eigenvalue weighted by molar-refractivity contribution is 7.98. The molecule has 0 aliphatic rings. The molecule has 0 unspecified atom stereocenters. The Morgan fingerprint density at radius 1 is 1.19 bits per heavy atom. The summed E-state index contributed by atoms with van der Waals surface area (Å²) in [6.07, 6.45) is 1.57. The number of thioether (sulfide) groups is 1. The summed E-state index contributed by atoms with van der Waals surface area (Å²) in [6.45, 7) is 1.83. The van der Waals surface area contributed by atoms with Crippen LogP contribution in [0.2, 0.25) is 0 Å². The van der Waals surface area contributed by atoms with Gasteiger partial charge in [0, 0.05) is 5.56 Å². The number of halogens is 1. The van der Waals surface area contributed by atoms with Gasteiger partial charge in [-0.2, -0.15) is 4.98 Å². The Bertz CT molecular complexity index is 1040. The summed E-state index contributed by atoms with van der Waals surface area (Å²) in [5.74, 6) is 8.13. The van der Waals surface area contributed by atoms with E-state index >= 15 is 0 Å². The normalized spacial score (nSPS) is 11.2. The third-order valence-corrected chi connectivity index (χ3v) is 4.59. The molecule has 0 spiro atoms. The summed E-state index contributed by atoms with van der Waals surface area (Å²) in [5.41, 5.74) is 1.45. The van der Waals surface area contributed by atoms with Gasteiger partial charge in [0.2, 0.25) is 16.9 Å². The van der Waals surface area contributed by atoms with Crippen molar-refractivity contribution in [1.29, 1.82) is 0 Å². The Morgan fingerprint density at radius 3 is 2.73 bits per heavy atom. The molecule has 4 aromatic rings. The zero-order valence-electron chi connectivity index (χ0n) is 13.6. The summed E-state index contributed by atoms with van der Waals surface area (Å²) in [5, 5.41) is 12.6. The van der Waals surface area contributed by atoms with Crippen LogP contribution in [0, 0.1) is 12.7 Å². The second kappa shape index (κ2) is 6.64. The van der Waals surface area contributed by atoms with Gasteiger partial charge in [0.15, 0.2) is 5.82 Å². The van der Waals surface area contributed by atoms with E-state index in [1.165, 1.54) is 28.6 Å². The molecule has 0 aliphatic carbocycles. The van der Waals surface area contributed by atoms with Gasteiger partial charge in [-0.25, -0.2) is 9.07 Å². The molecule has 0 bridgehead atoms. The van der Waals surface area contributed by atoms with Gasteiger partial charge in [-0.05, 0) is 37.3 Å². The molecule has 0 saturated heterocycles. The van der Waals surface area contributed by atoms with Gasteiger partial charge < -0.3 is 14.8 Å². The van der Waals surface area contributed by atoms with Gasteiger partial charge in [0.25, 0.3) is 0 Å². The topological polar surface area (TPSA) is 109 Å². The Hall–Kier alpha value is -3.14. The van der Waals surface area contributed by atoms with Gasteiger partial charge in [0.05, 0.1) is 17.6 Å². The van der Waals surface area contributed by atoms with Crippen molar-refractivity contribution in [3.63, 3.8) is 0 Å². The number of nitrogen functional groups attached to an aromatic ring is 1.